The number of aromatic nitrogens is 2. The number of halogens is 5. The van der Waals surface area contributed by atoms with Crippen LogP contribution >= 0.6 is 39.1 Å². The second kappa shape index (κ2) is 6.14. The first kappa shape index (κ1) is 17.4. The Kier molecular flexibility index (Phi) is 4.45. The maximum atomic E-state index is 13.9. The van der Waals surface area contributed by atoms with Crippen molar-refractivity contribution in [1.82, 2.24) is 9.61 Å². The Hall–Kier alpha value is -1.42. The third-order valence-corrected chi connectivity index (χ3v) is 5.84. The Balaban J connectivity index is 2.09. The maximum Gasteiger partial charge on any atom is 0.265 e. The number of benzene rings is 1. The summed E-state index contributed by atoms with van der Waals surface area (Å²) in [4.78, 5) is -0.260. The molecule has 0 amide bonds. The SMILES string of the molecule is O=S(=O)(Nc1cc(F)c(Br)cc1F)c1cnn2c(Cl)c(Cl)ccc12. The average molecular weight is 457 g/mol. The molecule has 3 rings (SSSR count). The van der Waals surface area contributed by atoms with Gasteiger partial charge in [0.1, 0.15) is 21.7 Å². The number of anilines is 1. The molecule has 3 aromatic rings. The molecule has 0 bridgehead atoms. The number of hydrogen-bond acceptors (Lipinski definition) is 3. The van der Waals surface area contributed by atoms with Crippen molar-refractivity contribution >= 4 is 60.4 Å². The van der Waals surface area contributed by atoms with E-state index in [1.807, 2.05) is 4.72 Å². The Morgan fingerprint density at radius 1 is 1.17 bits per heavy atom. The molecule has 0 spiro atoms. The fourth-order valence-corrected chi connectivity index (χ4v) is 3.81. The second-order valence-corrected chi connectivity index (χ2v) is 7.90. The monoisotopic (exact) mass is 455 g/mol. The molecule has 126 valence electrons. The van der Waals surface area contributed by atoms with Crippen LogP contribution in [0.3, 0.4) is 0 Å². The predicted molar refractivity (Wildman–Crippen MR) is 90.1 cm³/mol. The van der Waals surface area contributed by atoms with Gasteiger partial charge in [0.05, 0.1) is 26.9 Å². The molecule has 0 aliphatic rings. The molecule has 11 heteroatoms. The lowest BCUT2D eigenvalue weighted by atomic mass is 10.3. The van der Waals surface area contributed by atoms with Gasteiger partial charge in [-0.15, -0.1) is 0 Å². The summed E-state index contributed by atoms with van der Waals surface area (Å²) < 4.78 is 55.3. The minimum absolute atomic E-state index is 0.0245. The maximum absolute atomic E-state index is 13.9. The normalized spacial score (nSPS) is 11.9. The molecule has 0 aliphatic carbocycles. The average Bonchev–Trinajstić information content (AvgIpc) is 2.94. The third-order valence-electron chi connectivity index (χ3n) is 3.09. The zero-order valence-corrected chi connectivity index (χ0v) is 15.3. The summed E-state index contributed by atoms with van der Waals surface area (Å²) >= 11 is 14.6. The van der Waals surface area contributed by atoms with Gasteiger partial charge in [0.2, 0.25) is 0 Å². The molecule has 0 saturated heterocycles. The molecule has 0 radical (unpaired) electrons. The molecular formula is C13H6BrCl2F2N3O2S. The topological polar surface area (TPSA) is 63.5 Å². The highest BCUT2D eigenvalue weighted by atomic mass is 79.9. The van der Waals surface area contributed by atoms with E-state index in [0.717, 1.165) is 22.8 Å². The van der Waals surface area contributed by atoms with E-state index in [0.29, 0.717) is 0 Å². The number of pyridine rings is 1. The van der Waals surface area contributed by atoms with Gasteiger partial charge >= 0.3 is 0 Å². The van der Waals surface area contributed by atoms with Crippen molar-refractivity contribution in [1.29, 1.82) is 0 Å². The van der Waals surface area contributed by atoms with Crippen molar-refractivity contribution < 1.29 is 17.2 Å². The van der Waals surface area contributed by atoms with Crippen LogP contribution < -0.4 is 4.72 Å². The van der Waals surface area contributed by atoms with Crippen LogP contribution in [0.25, 0.3) is 5.52 Å². The molecule has 0 fully saturated rings. The molecule has 1 N–H and O–H groups in total. The Morgan fingerprint density at radius 3 is 2.58 bits per heavy atom. The zero-order chi connectivity index (χ0) is 17.6. The van der Waals surface area contributed by atoms with Gasteiger partial charge in [-0.1, -0.05) is 23.2 Å². The fraction of sp³-hybridized carbons (Fsp3) is 0. The number of sulfonamides is 1. The minimum atomic E-state index is -4.24. The number of fused-ring (bicyclic) bond motifs is 1. The lowest BCUT2D eigenvalue weighted by Crippen LogP contribution is -2.14. The summed E-state index contributed by atoms with van der Waals surface area (Å²) in [6.07, 6.45) is 1.03. The summed E-state index contributed by atoms with van der Waals surface area (Å²) in [5.74, 6) is -1.76. The van der Waals surface area contributed by atoms with Crippen LogP contribution in [0.2, 0.25) is 10.2 Å². The van der Waals surface area contributed by atoms with Crippen LogP contribution in [0.5, 0.6) is 0 Å². The number of nitrogens with one attached hydrogen (secondary N) is 1. The van der Waals surface area contributed by atoms with E-state index in [-0.39, 0.29) is 25.1 Å². The highest BCUT2D eigenvalue weighted by Gasteiger charge is 2.23. The van der Waals surface area contributed by atoms with E-state index in [2.05, 4.69) is 21.0 Å². The summed E-state index contributed by atoms with van der Waals surface area (Å²) in [5.41, 5.74) is -0.398. The molecule has 0 atom stereocenters. The van der Waals surface area contributed by atoms with Crippen molar-refractivity contribution in [3.05, 3.63) is 56.7 Å². The molecule has 0 aliphatic heterocycles. The first-order chi connectivity index (χ1) is 11.2. The number of rotatable bonds is 3. The summed E-state index contributed by atoms with van der Waals surface area (Å²) in [5, 5.41) is 4.06. The first-order valence-electron chi connectivity index (χ1n) is 6.20. The number of hydrogen-bond donors (Lipinski definition) is 1. The lowest BCUT2D eigenvalue weighted by Gasteiger charge is -2.09. The van der Waals surface area contributed by atoms with E-state index in [9.17, 15) is 17.2 Å². The Morgan fingerprint density at radius 2 is 1.88 bits per heavy atom. The quantitative estimate of drug-likeness (QED) is 0.466. The zero-order valence-electron chi connectivity index (χ0n) is 11.4. The molecule has 2 heterocycles. The molecule has 0 saturated carbocycles. The first-order valence-corrected chi connectivity index (χ1v) is 9.23. The van der Waals surface area contributed by atoms with Gasteiger partial charge in [0.25, 0.3) is 10.0 Å². The lowest BCUT2D eigenvalue weighted by molar-refractivity contribution is 0.592. The Labute approximate surface area is 153 Å². The van der Waals surface area contributed by atoms with Crippen LogP contribution in [0.15, 0.2) is 39.8 Å². The van der Waals surface area contributed by atoms with E-state index in [1.165, 1.54) is 12.1 Å². The van der Waals surface area contributed by atoms with Gasteiger partial charge in [-0.3, -0.25) is 4.72 Å². The van der Waals surface area contributed by atoms with Gasteiger partial charge in [0, 0.05) is 6.07 Å². The highest BCUT2D eigenvalue weighted by Crippen LogP contribution is 2.29. The van der Waals surface area contributed by atoms with Crippen LogP contribution in [-0.4, -0.2) is 18.0 Å². The van der Waals surface area contributed by atoms with Crippen LogP contribution in [0.4, 0.5) is 14.5 Å². The van der Waals surface area contributed by atoms with Crippen LogP contribution in [0.1, 0.15) is 0 Å². The van der Waals surface area contributed by atoms with E-state index >= 15 is 0 Å². The third kappa shape index (κ3) is 2.97. The van der Waals surface area contributed by atoms with Crippen LogP contribution in [-0.2, 0) is 10.0 Å². The predicted octanol–water partition coefficient (Wildman–Crippen LogP) is 4.48. The molecule has 5 nitrogen and oxygen atoms in total. The van der Waals surface area contributed by atoms with Crippen molar-refractivity contribution in [2.75, 3.05) is 4.72 Å². The van der Waals surface area contributed by atoms with E-state index in [1.54, 1.807) is 0 Å². The van der Waals surface area contributed by atoms with Gasteiger partial charge in [-0.05, 0) is 34.1 Å². The fourth-order valence-electron chi connectivity index (χ4n) is 1.98. The van der Waals surface area contributed by atoms with Gasteiger partial charge in [-0.25, -0.2) is 21.7 Å². The second-order valence-electron chi connectivity index (χ2n) is 4.63. The van der Waals surface area contributed by atoms with E-state index < -0.39 is 27.3 Å². The van der Waals surface area contributed by atoms with Crippen LogP contribution in [0, 0.1) is 11.6 Å². The molecular weight excluding hydrogens is 451 g/mol. The summed E-state index contributed by atoms with van der Waals surface area (Å²) in [6.45, 7) is 0. The summed E-state index contributed by atoms with van der Waals surface area (Å²) in [6, 6.07) is 4.35. The van der Waals surface area contributed by atoms with Crippen molar-refractivity contribution in [2.45, 2.75) is 4.90 Å². The van der Waals surface area contributed by atoms with Crippen molar-refractivity contribution in [3.8, 4) is 0 Å². The minimum Gasteiger partial charge on any atom is -0.276 e. The Bertz CT molecular complexity index is 1070. The van der Waals surface area contributed by atoms with Gasteiger partial charge in [0.15, 0.2) is 0 Å². The largest absolute Gasteiger partial charge is 0.276 e. The molecule has 2 aromatic heterocycles. The standard InChI is InChI=1S/C13H6BrCl2F2N3O2S/c14-6-3-9(18)10(4-8(6)17)20-24(22,23)12-5-19-21-11(12)2-1-7(15)13(21)16/h1-5,20H. The highest BCUT2D eigenvalue weighted by molar-refractivity contribution is 9.10. The van der Waals surface area contributed by atoms with E-state index in [4.69, 9.17) is 23.2 Å². The van der Waals surface area contributed by atoms with Gasteiger partial charge in [-0.2, -0.15) is 5.10 Å². The summed E-state index contributed by atoms with van der Waals surface area (Å²) in [7, 11) is -4.24. The molecule has 24 heavy (non-hydrogen) atoms. The van der Waals surface area contributed by atoms with Crippen molar-refractivity contribution in [2.24, 2.45) is 0 Å². The molecule has 1 aromatic carbocycles. The van der Waals surface area contributed by atoms with Crippen molar-refractivity contribution in [3.63, 3.8) is 0 Å². The smallest absolute Gasteiger partial charge is 0.265 e. The molecule has 0 unspecified atom stereocenters. The van der Waals surface area contributed by atoms with Gasteiger partial charge < -0.3 is 0 Å². The number of nitrogens with zero attached hydrogens (tertiary/aromatic N) is 2.